The van der Waals surface area contributed by atoms with E-state index < -0.39 is 6.09 Å². The number of rotatable bonds is 6. The summed E-state index contributed by atoms with van der Waals surface area (Å²) in [5.74, 6) is -0.0955. The maximum absolute atomic E-state index is 13.7. The van der Waals surface area contributed by atoms with Crippen LogP contribution in [0.15, 0.2) is 78.9 Å². The van der Waals surface area contributed by atoms with Crippen molar-refractivity contribution in [3.63, 3.8) is 0 Å². The molecule has 7 heteroatoms. The Balaban J connectivity index is 1.66. The number of amides is 3. The van der Waals surface area contributed by atoms with Crippen molar-refractivity contribution in [2.24, 2.45) is 0 Å². The molecule has 2 atom stereocenters. The van der Waals surface area contributed by atoms with E-state index >= 15 is 0 Å². The molecule has 0 bridgehead atoms. The highest BCUT2D eigenvalue weighted by atomic mass is 16.5. The predicted molar refractivity (Wildman–Crippen MR) is 141 cm³/mol. The van der Waals surface area contributed by atoms with Gasteiger partial charge >= 0.3 is 6.09 Å². The second-order valence-corrected chi connectivity index (χ2v) is 8.71. The average molecular weight is 486 g/mol. The van der Waals surface area contributed by atoms with Crippen LogP contribution in [0.3, 0.4) is 0 Å². The van der Waals surface area contributed by atoms with Crippen LogP contribution in [0.4, 0.5) is 21.9 Å². The van der Waals surface area contributed by atoms with Crippen molar-refractivity contribution in [2.45, 2.75) is 45.7 Å². The number of hydrogen-bond acceptors (Lipinski definition) is 4. The molecule has 3 amide bonds. The zero-order valence-electron chi connectivity index (χ0n) is 20.8. The number of carbonyl (C=O) groups is 3. The Morgan fingerprint density at radius 3 is 2.28 bits per heavy atom. The third-order valence-electron chi connectivity index (χ3n) is 6.35. The van der Waals surface area contributed by atoms with Gasteiger partial charge in [-0.1, -0.05) is 43.3 Å². The van der Waals surface area contributed by atoms with E-state index in [1.807, 2.05) is 73.3 Å². The zero-order valence-corrected chi connectivity index (χ0v) is 20.8. The van der Waals surface area contributed by atoms with E-state index in [1.165, 1.54) is 0 Å². The summed E-state index contributed by atoms with van der Waals surface area (Å²) in [6.45, 7) is 5.89. The van der Waals surface area contributed by atoms with Crippen molar-refractivity contribution in [1.82, 2.24) is 0 Å². The summed E-state index contributed by atoms with van der Waals surface area (Å²) in [6, 6.07) is 23.9. The monoisotopic (exact) mass is 485 g/mol. The van der Waals surface area contributed by atoms with Crippen molar-refractivity contribution < 1.29 is 19.1 Å². The Hall–Kier alpha value is -4.13. The lowest BCUT2D eigenvalue weighted by Crippen LogP contribution is -2.47. The molecule has 4 rings (SSSR count). The van der Waals surface area contributed by atoms with Crippen molar-refractivity contribution in [3.05, 3.63) is 90.0 Å². The van der Waals surface area contributed by atoms with Gasteiger partial charge in [0.15, 0.2) is 0 Å². The zero-order chi connectivity index (χ0) is 25.7. The molecule has 0 radical (unpaired) electrons. The van der Waals surface area contributed by atoms with Crippen molar-refractivity contribution in [3.8, 4) is 0 Å². The highest BCUT2D eigenvalue weighted by Crippen LogP contribution is 2.42. The first kappa shape index (κ1) is 25.0. The summed E-state index contributed by atoms with van der Waals surface area (Å²) >= 11 is 0. The second-order valence-electron chi connectivity index (χ2n) is 8.71. The van der Waals surface area contributed by atoms with Gasteiger partial charge < -0.3 is 14.5 Å². The lowest BCUT2D eigenvalue weighted by molar-refractivity contribution is -0.118. The molecular weight excluding hydrogens is 454 g/mol. The van der Waals surface area contributed by atoms with Crippen LogP contribution in [-0.2, 0) is 9.53 Å². The van der Waals surface area contributed by atoms with Gasteiger partial charge in [0, 0.05) is 35.1 Å². The van der Waals surface area contributed by atoms with E-state index in [-0.39, 0.29) is 30.5 Å². The molecular formula is C29H31N3O4. The minimum atomic E-state index is -0.536. The fraction of sp³-hybridized carbons (Fsp3) is 0.276. The molecule has 0 aliphatic carbocycles. The first-order valence-electron chi connectivity index (χ1n) is 12.3. The van der Waals surface area contributed by atoms with Crippen LogP contribution in [0, 0.1) is 0 Å². The van der Waals surface area contributed by atoms with Gasteiger partial charge in [-0.3, -0.25) is 14.9 Å². The van der Waals surface area contributed by atoms with Crippen LogP contribution in [0.1, 0.15) is 55.6 Å². The van der Waals surface area contributed by atoms with Gasteiger partial charge in [0.2, 0.25) is 5.91 Å². The average Bonchev–Trinajstić information content (AvgIpc) is 2.89. The number of benzene rings is 3. The fourth-order valence-electron chi connectivity index (χ4n) is 4.71. The predicted octanol–water partition coefficient (Wildman–Crippen LogP) is 6.18. The second kappa shape index (κ2) is 11.1. The molecule has 7 nitrogen and oxygen atoms in total. The molecule has 1 aliphatic rings. The van der Waals surface area contributed by atoms with Gasteiger partial charge in [0.1, 0.15) is 0 Å². The van der Waals surface area contributed by atoms with Crippen LogP contribution in [0.5, 0.6) is 0 Å². The van der Waals surface area contributed by atoms with Gasteiger partial charge in [0.25, 0.3) is 5.91 Å². The largest absolute Gasteiger partial charge is 0.450 e. The Kier molecular flexibility index (Phi) is 7.68. The molecule has 1 heterocycles. The topological polar surface area (TPSA) is 79.0 Å². The molecule has 186 valence electrons. The minimum absolute atomic E-state index is 0.0395. The minimum Gasteiger partial charge on any atom is -0.450 e. The summed E-state index contributed by atoms with van der Waals surface area (Å²) in [5.41, 5.74) is 3.64. The summed E-state index contributed by atoms with van der Waals surface area (Å²) in [7, 11) is 0. The van der Waals surface area contributed by atoms with E-state index in [0.717, 1.165) is 16.9 Å². The van der Waals surface area contributed by atoms with Gasteiger partial charge in [-0.05, 0) is 68.3 Å². The standard InChI is InChI=1S/C29H31N3O4/c1-4-27(33)32(23-11-7-6-8-12-23)26-19-20(3)31(25-14-10-9-13-24(25)26)28(34)21-15-17-22(18-16-21)30-29(35)36-5-2/h6-18,20,26H,4-5,19H2,1-3H3,(H,30,35). The third kappa shape index (κ3) is 5.10. The normalized spacial score (nSPS) is 16.6. The van der Waals surface area contributed by atoms with Crippen LogP contribution < -0.4 is 15.1 Å². The number of fused-ring (bicyclic) bond motifs is 1. The molecule has 3 aromatic rings. The van der Waals surface area contributed by atoms with E-state index in [4.69, 9.17) is 4.74 Å². The fourth-order valence-corrected chi connectivity index (χ4v) is 4.71. The summed E-state index contributed by atoms with van der Waals surface area (Å²) in [5, 5.41) is 2.64. The Morgan fingerprint density at radius 2 is 1.61 bits per heavy atom. The van der Waals surface area contributed by atoms with Gasteiger partial charge in [-0.15, -0.1) is 0 Å². The SMILES string of the molecule is CCOC(=O)Nc1ccc(C(=O)N2c3ccccc3C(N(C(=O)CC)c3ccccc3)CC2C)cc1. The number of nitrogens with zero attached hydrogens (tertiary/aromatic N) is 2. The van der Waals surface area contributed by atoms with E-state index in [2.05, 4.69) is 5.32 Å². The lowest BCUT2D eigenvalue weighted by atomic mass is 9.89. The van der Waals surface area contributed by atoms with Crippen molar-refractivity contribution in [1.29, 1.82) is 0 Å². The molecule has 2 unspecified atom stereocenters. The summed E-state index contributed by atoms with van der Waals surface area (Å²) in [6.07, 6.45) is 0.452. The highest BCUT2D eigenvalue weighted by Gasteiger charge is 2.38. The van der Waals surface area contributed by atoms with Gasteiger partial charge in [-0.2, -0.15) is 0 Å². The van der Waals surface area contributed by atoms with E-state index in [1.54, 1.807) is 36.1 Å². The summed E-state index contributed by atoms with van der Waals surface area (Å²) < 4.78 is 4.90. The van der Waals surface area contributed by atoms with Crippen molar-refractivity contribution >= 4 is 35.0 Å². The Bertz CT molecular complexity index is 1230. The maximum atomic E-state index is 13.7. The molecule has 0 fully saturated rings. The smallest absolute Gasteiger partial charge is 0.411 e. The number of para-hydroxylation sites is 2. The van der Waals surface area contributed by atoms with Gasteiger partial charge in [-0.25, -0.2) is 4.79 Å². The molecule has 0 saturated carbocycles. The highest BCUT2D eigenvalue weighted by molar-refractivity contribution is 6.08. The Labute approximate surface area is 211 Å². The molecule has 1 aliphatic heterocycles. The maximum Gasteiger partial charge on any atom is 0.411 e. The molecule has 3 aromatic carbocycles. The molecule has 0 aromatic heterocycles. The van der Waals surface area contributed by atoms with Crippen molar-refractivity contribution in [2.75, 3.05) is 21.7 Å². The lowest BCUT2D eigenvalue weighted by Gasteiger charge is -2.43. The van der Waals surface area contributed by atoms with Crippen LogP contribution in [-0.4, -0.2) is 30.6 Å². The molecule has 1 N–H and O–H groups in total. The first-order chi connectivity index (χ1) is 17.4. The first-order valence-corrected chi connectivity index (χ1v) is 12.3. The number of anilines is 3. The quantitative estimate of drug-likeness (QED) is 0.452. The molecule has 36 heavy (non-hydrogen) atoms. The number of nitrogens with one attached hydrogen (secondary N) is 1. The van der Waals surface area contributed by atoms with Gasteiger partial charge in [0.05, 0.1) is 12.6 Å². The number of ether oxygens (including phenoxy) is 1. The Morgan fingerprint density at radius 1 is 0.944 bits per heavy atom. The number of hydrogen-bond donors (Lipinski definition) is 1. The van der Waals surface area contributed by atoms with E-state index in [0.29, 0.717) is 24.1 Å². The number of carbonyl (C=O) groups excluding carboxylic acids is 3. The third-order valence-corrected chi connectivity index (χ3v) is 6.35. The van der Waals surface area contributed by atoms with Crippen LogP contribution in [0.25, 0.3) is 0 Å². The molecule has 0 spiro atoms. The van der Waals surface area contributed by atoms with Crippen LogP contribution >= 0.6 is 0 Å². The molecule has 0 saturated heterocycles. The van der Waals surface area contributed by atoms with Crippen LogP contribution in [0.2, 0.25) is 0 Å². The summed E-state index contributed by atoms with van der Waals surface area (Å²) in [4.78, 5) is 42.2. The van der Waals surface area contributed by atoms with E-state index in [9.17, 15) is 14.4 Å².